The van der Waals surface area contributed by atoms with Gasteiger partial charge >= 0.3 is 5.97 Å². The topological polar surface area (TPSA) is 46.5 Å². The molecule has 3 nitrogen and oxygen atoms in total. The monoisotopic (exact) mass is 250 g/mol. The van der Waals surface area contributed by atoms with Crippen LogP contribution in [0.3, 0.4) is 0 Å². The summed E-state index contributed by atoms with van der Waals surface area (Å²) in [6.07, 6.45) is 2.70. The van der Waals surface area contributed by atoms with Crippen LogP contribution in [0.25, 0.3) is 0 Å². The second-order valence-electron chi connectivity index (χ2n) is 4.60. The van der Waals surface area contributed by atoms with Crippen LogP contribution in [-0.2, 0) is 4.74 Å². The van der Waals surface area contributed by atoms with Crippen LogP contribution in [0.4, 0.5) is 0 Å². The summed E-state index contributed by atoms with van der Waals surface area (Å²) in [5, 5.41) is 9.61. The highest BCUT2D eigenvalue weighted by Gasteiger charge is 2.13. The lowest BCUT2D eigenvalue weighted by Crippen LogP contribution is -2.17. The Hall–Kier alpha value is -1.35. The molecule has 0 heterocycles. The highest BCUT2D eigenvalue weighted by atomic mass is 16.5. The van der Waals surface area contributed by atoms with E-state index in [2.05, 4.69) is 0 Å². The van der Waals surface area contributed by atoms with E-state index in [1.165, 1.54) is 0 Å². The molecule has 2 unspecified atom stereocenters. The first-order valence-corrected chi connectivity index (χ1v) is 6.57. The lowest BCUT2D eigenvalue weighted by atomic mass is 10.1. The van der Waals surface area contributed by atoms with E-state index in [1.807, 2.05) is 32.0 Å². The summed E-state index contributed by atoms with van der Waals surface area (Å²) in [5.74, 6) is -0.298. The third-order valence-corrected chi connectivity index (χ3v) is 2.85. The Morgan fingerprint density at radius 2 is 1.89 bits per heavy atom. The van der Waals surface area contributed by atoms with Crippen LogP contribution in [0.5, 0.6) is 0 Å². The zero-order chi connectivity index (χ0) is 13.4. The Morgan fingerprint density at radius 1 is 1.22 bits per heavy atom. The van der Waals surface area contributed by atoms with E-state index in [9.17, 15) is 9.90 Å². The second kappa shape index (κ2) is 7.88. The summed E-state index contributed by atoms with van der Waals surface area (Å²) in [4.78, 5) is 11.7. The molecule has 18 heavy (non-hydrogen) atoms. The van der Waals surface area contributed by atoms with Crippen molar-refractivity contribution in [1.82, 2.24) is 0 Å². The van der Waals surface area contributed by atoms with Crippen LogP contribution in [0.2, 0.25) is 0 Å². The molecule has 100 valence electrons. The number of aliphatic hydroxyl groups is 1. The van der Waals surface area contributed by atoms with Crippen molar-refractivity contribution in [2.45, 2.75) is 51.7 Å². The summed E-state index contributed by atoms with van der Waals surface area (Å²) >= 11 is 0. The fourth-order valence-electron chi connectivity index (χ4n) is 1.79. The first kappa shape index (κ1) is 14.7. The Labute approximate surface area is 109 Å². The molecular weight excluding hydrogens is 228 g/mol. The molecule has 0 aliphatic rings. The molecule has 0 fully saturated rings. The number of rotatable bonds is 7. The maximum atomic E-state index is 11.7. The molecule has 0 aliphatic carbocycles. The molecule has 3 heteroatoms. The maximum absolute atomic E-state index is 11.7. The van der Waals surface area contributed by atoms with Crippen molar-refractivity contribution < 1.29 is 14.6 Å². The van der Waals surface area contributed by atoms with E-state index >= 15 is 0 Å². The number of hydrogen-bond acceptors (Lipinski definition) is 3. The summed E-state index contributed by atoms with van der Waals surface area (Å²) in [7, 11) is 0. The van der Waals surface area contributed by atoms with Gasteiger partial charge in [0.1, 0.15) is 0 Å². The van der Waals surface area contributed by atoms with Crippen molar-refractivity contribution in [3.8, 4) is 0 Å². The summed E-state index contributed by atoms with van der Waals surface area (Å²) in [5.41, 5.74) is 0.568. The van der Waals surface area contributed by atoms with Gasteiger partial charge < -0.3 is 9.84 Å². The Bertz CT molecular complexity index is 348. The van der Waals surface area contributed by atoms with Crippen molar-refractivity contribution >= 4 is 5.97 Å². The summed E-state index contributed by atoms with van der Waals surface area (Å²) in [6.45, 7) is 3.90. The van der Waals surface area contributed by atoms with Gasteiger partial charge in [0.15, 0.2) is 0 Å². The van der Waals surface area contributed by atoms with Crippen molar-refractivity contribution in [3.05, 3.63) is 35.9 Å². The van der Waals surface area contributed by atoms with Gasteiger partial charge in [-0.3, -0.25) is 0 Å². The molecule has 1 aromatic carbocycles. The smallest absolute Gasteiger partial charge is 0.338 e. The van der Waals surface area contributed by atoms with E-state index in [0.29, 0.717) is 18.4 Å². The van der Waals surface area contributed by atoms with Crippen LogP contribution in [0, 0.1) is 0 Å². The van der Waals surface area contributed by atoms with Crippen LogP contribution >= 0.6 is 0 Å². The van der Waals surface area contributed by atoms with Gasteiger partial charge in [0.25, 0.3) is 0 Å². The number of hydrogen-bond donors (Lipinski definition) is 1. The molecule has 0 amide bonds. The van der Waals surface area contributed by atoms with Crippen molar-refractivity contribution in [1.29, 1.82) is 0 Å². The molecule has 1 aromatic rings. The lowest BCUT2D eigenvalue weighted by molar-refractivity contribution is 0.0281. The van der Waals surface area contributed by atoms with Gasteiger partial charge in [-0.1, -0.05) is 31.5 Å². The largest absolute Gasteiger partial charge is 0.459 e. The predicted octanol–water partition coefficient (Wildman–Crippen LogP) is 3.17. The Morgan fingerprint density at radius 3 is 2.50 bits per heavy atom. The zero-order valence-corrected chi connectivity index (χ0v) is 11.1. The third-order valence-electron chi connectivity index (χ3n) is 2.85. The highest BCUT2D eigenvalue weighted by Crippen LogP contribution is 2.11. The number of ether oxygens (including phenoxy) is 1. The summed E-state index contributed by atoms with van der Waals surface area (Å²) < 4.78 is 5.31. The SMILES string of the molecule is CCCC(O)CCC(C)OC(=O)c1ccccc1. The molecule has 0 spiro atoms. The van der Waals surface area contributed by atoms with E-state index in [0.717, 1.165) is 12.8 Å². The molecule has 2 atom stereocenters. The van der Waals surface area contributed by atoms with Crippen LogP contribution in [-0.4, -0.2) is 23.3 Å². The number of aliphatic hydroxyl groups excluding tert-OH is 1. The first-order valence-electron chi connectivity index (χ1n) is 6.57. The quantitative estimate of drug-likeness (QED) is 0.756. The van der Waals surface area contributed by atoms with Crippen LogP contribution in [0.1, 0.15) is 49.9 Å². The van der Waals surface area contributed by atoms with Crippen molar-refractivity contribution in [2.75, 3.05) is 0 Å². The Balaban J connectivity index is 2.32. The number of carbonyl (C=O) groups excluding carboxylic acids is 1. The molecule has 1 N–H and O–H groups in total. The zero-order valence-electron chi connectivity index (χ0n) is 11.1. The summed E-state index contributed by atoms with van der Waals surface area (Å²) in [6, 6.07) is 8.96. The van der Waals surface area contributed by atoms with Gasteiger partial charge in [0.2, 0.25) is 0 Å². The average Bonchev–Trinajstić information content (AvgIpc) is 2.38. The minimum Gasteiger partial charge on any atom is -0.459 e. The molecule has 0 radical (unpaired) electrons. The molecule has 0 aromatic heterocycles. The van der Waals surface area contributed by atoms with E-state index in [-0.39, 0.29) is 18.2 Å². The first-order chi connectivity index (χ1) is 8.63. The molecular formula is C15H22O3. The molecule has 0 bridgehead atoms. The number of carbonyl (C=O) groups is 1. The second-order valence-corrected chi connectivity index (χ2v) is 4.60. The number of benzene rings is 1. The third kappa shape index (κ3) is 5.32. The van der Waals surface area contributed by atoms with E-state index in [1.54, 1.807) is 12.1 Å². The minimum atomic E-state index is -0.298. The van der Waals surface area contributed by atoms with Gasteiger partial charge in [-0.15, -0.1) is 0 Å². The fourth-order valence-corrected chi connectivity index (χ4v) is 1.79. The maximum Gasteiger partial charge on any atom is 0.338 e. The van der Waals surface area contributed by atoms with Crippen molar-refractivity contribution in [2.24, 2.45) is 0 Å². The normalized spacial score (nSPS) is 13.9. The van der Waals surface area contributed by atoms with Gasteiger partial charge in [-0.2, -0.15) is 0 Å². The van der Waals surface area contributed by atoms with Crippen LogP contribution < -0.4 is 0 Å². The lowest BCUT2D eigenvalue weighted by Gasteiger charge is -2.15. The molecule has 1 rings (SSSR count). The molecule has 0 saturated carbocycles. The van der Waals surface area contributed by atoms with E-state index < -0.39 is 0 Å². The van der Waals surface area contributed by atoms with Gasteiger partial charge in [0, 0.05) is 0 Å². The fraction of sp³-hybridized carbons (Fsp3) is 0.533. The van der Waals surface area contributed by atoms with Gasteiger partial charge in [-0.05, 0) is 38.3 Å². The molecule has 0 saturated heterocycles. The highest BCUT2D eigenvalue weighted by molar-refractivity contribution is 5.89. The minimum absolute atomic E-state index is 0.163. The Kier molecular flexibility index (Phi) is 6.44. The average molecular weight is 250 g/mol. The molecule has 0 aliphatic heterocycles. The predicted molar refractivity (Wildman–Crippen MR) is 71.5 cm³/mol. The van der Waals surface area contributed by atoms with Gasteiger partial charge in [-0.25, -0.2) is 4.79 Å². The van der Waals surface area contributed by atoms with Gasteiger partial charge in [0.05, 0.1) is 17.8 Å². The van der Waals surface area contributed by atoms with Crippen LogP contribution in [0.15, 0.2) is 30.3 Å². The van der Waals surface area contributed by atoms with Crippen molar-refractivity contribution in [3.63, 3.8) is 0 Å². The van der Waals surface area contributed by atoms with E-state index in [4.69, 9.17) is 4.74 Å². The number of esters is 1. The standard InChI is InChI=1S/C15H22O3/c1-3-7-14(16)11-10-12(2)18-15(17)13-8-5-4-6-9-13/h4-6,8-9,12,14,16H,3,7,10-11H2,1-2H3.